The number of aryl methyl sites for hydroxylation is 1. The number of hydrogen-bond acceptors (Lipinski definition) is 2. The second kappa shape index (κ2) is 9.26. The van der Waals surface area contributed by atoms with E-state index < -0.39 is 0 Å². The first-order chi connectivity index (χ1) is 15.1. The molecule has 2 heterocycles. The van der Waals surface area contributed by atoms with Crippen molar-refractivity contribution in [2.24, 2.45) is 0 Å². The molecule has 0 saturated heterocycles. The van der Waals surface area contributed by atoms with Crippen LogP contribution in [0.2, 0.25) is 0 Å². The number of rotatable bonds is 7. The summed E-state index contributed by atoms with van der Waals surface area (Å²) in [5.74, 6) is 0.141. The SMILES string of the molecule is Cc1cccc[n+]1CC(=O)c1ccc(-c2ccc(C(=O)C[n+]3ccccc3)cc2)cc1. The summed E-state index contributed by atoms with van der Waals surface area (Å²) in [5.41, 5.74) is 4.44. The summed E-state index contributed by atoms with van der Waals surface area (Å²) in [4.78, 5) is 25.1. The molecule has 0 fully saturated rings. The van der Waals surface area contributed by atoms with E-state index in [2.05, 4.69) is 0 Å². The first-order valence-electron chi connectivity index (χ1n) is 10.3. The van der Waals surface area contributed by atoms with Gasteiger partial charge in [-0.3, -0.25) is 9.59 Å². The summed E-state index contributed by atoms with van der Waals surface area (Å²) in [5, 5.41) is 0. The van der Waals surface area contributed by atoms with Crippen molar-refractivity contribution in [3.63, 3.8) is 0 Å². The van der Waals surface area contributed by atoms with Crippen LogP contribution in [-0.4, -0.2) is 11.6 Å². The largest absolute Gasteiger partial charge is 0.287 e. The maximum atomic E-state index is 12.6. The number of ketones is 2. The van der Waals surface area contributed by atoms with Gasteiger partial charge < -0.3 is 0 Å². The molecule has 0 N–H and O–H groups in total. The zero-order valence-electron chi connectivity index (χ0n) is 17.4. The van der Waals surface area contributed by atoms with Crippen molar-refractivity contribution in [3.8, 4) is 11.1 Å². The number of aromatic nitrogens is 2. The molecule has 0 spiro atoms. The van der Waals surface area contributed by atoms with Crippen LogP contribution in [0.3, 0.4) is 0 Å². The van der Waals surface area contributed by atoms with Crippen LogP contribution in [0.1, 0.15) is 26.4 Å². The number of pyridine rings is 2. The fraction of sp³-hybridized carbons (Fsp3) is 0.111. The highest BCUT2D eigenvalue weighted by Gasteiger charge is 2.15. The quantitative estimate of drug-likeness (QED) is 0.343. The van der Waals surface area contributed by atoms with E-state index in [-0.39, 0.29) is 11.6 Å². The van der Waals surface area contributed by atoms with E-state index in [0.29, 0.717) is 24.2 Å². The highest BCUT2D eigenvalue weighted by atomic mass is 16.1. The van der Waals surface area contributed by atoms with Crippen LogP contribution in [0.25, 0.3) is 11.1 Å². The lowest BCUT2D eigenvalue weighted by Crippen LogP contribution is -2.40. The third-order valence-electron chi connectivity index (χ3n) is 5.33. The Balaban J connectivity index is 1.43. The lowest BCUT2D eigenvalue weighted by Gasteiger charge is -2.05. The van der Waals surface area contributed by atoms with Crippen molar-refractivity contribution in [2.75, 3.05) is 0 Å². The molecule has 0 radical (unpaired) electrons. The molecule has 0 aliphatic rings. The van der Waals surface area contributed by atoms with Gasteiger partial charge in [0.15, 0.2) is 24.3 Å². The minimum Gasteiger partial charge on any atom is -0.287 e. The van der Waals surface area contributed by atoms with E-state index in [0.717, 1.165) is 16.8 Å². The molecule has 4 heteroatoms. The molecular formula is C27H24N2O2+2. The van der Waals surface area contributed by atoms with Crippen molar-refractivity contribution in [2.45, 2.75) is 20.0 Å². The van der Waals surface area contributed by atoms with Crippen LogP contribution < -0.4 is 9.13 Å². The van der Waals surface area contributed by atoms with Gasteiger partial charge in [0.2, 0.25) is 24.7 Å². The molecule has 0 saturated carbocycles. The highest BCUT2D eigenvalue weighted by molar-refractivity contribution is 5.96. The number of hydrogen-bond donors (Lipinski definition) is 0. The van der Waals surface area contributed by atoms with Gasteiger partial charge in [0.1, 0.15) is 0 Å². The zero-order chi connectivity index (χ0) is 21.6. The average Bonchev–Trinajstić information content (AvgIpc) is 2.81. The third kappa shape index (κ3) is 4.98. The second-order valence-corrected chi connectivity index (χ2v) is 7.52. The summed E-state index contributed by atoms with van der Waals surface area (Å²) in [7, 11) is 0. The number of nitrogens with zero attached hydrogens (tertiary/aromatic N) is 2. The Hall–Kier alpha value is -3.92. The average molecular weight is 409 g/mol. The molecule has 0 atom stereocenters. The molecular weight excluding hydrogens is 384 g/mol. The minimum atomic E-state index is 0.0670. The van der Waals surface area contributed by atoms with Gasteiger partial charge in [-0.15, -0.1) is 0 Å². The van der Waals surface area contributed by atoms with Crippen LogP contribution in [-0.2, 0) is 13.1 Å². The van der Waals surface area contributed by atoms with Crippen LogP contribution in [0, 0.1) is 6.92 Å². The first-order valence-corrected chi connectivity index (χ1v) is 10.3. The highest BCUT2D eigenvalue weighted by Crippen LogP contribution is 2.21. The fourth-order valence-corrected chi connectivity index (χ4v) is 3.48. The molecule has 0 bridgehead atoms. The zero-order valence-corrected chi connectivity index (χ0v) is 17.4. The van der Waals surface area contributed by atoms with Crippen molar-refractivity contribution >= 4 is 11.6 Å². The first kappa shape index (κ1) is 20.4. The molecule has 4 rings (SSSR count). The summed E-state index contributed by atoms with van der Waals surface area (Å²) in [6.07, 6.45) is 5.68. The summed E-state index contributed by atoms with van der Waals surface area (Å²) in [6, 6.07) is 26.9. The van der Waals surface area contributed by atoms with E-state index in [1.165, 1.54) is 0 Å². The van der Waals surface area contributed by atoms with Crippen LogP contribution in [0.5, 0.6) is 0 Å². The Kier molecular flexibility index (Phi) is 6.08. The fourth-order valence-electron chi connectivity index (χ4n) is 3.48. The van der Waals surface area contributed by atoms with Crippen molar-refractivity contribution in [1.82, 2.24) is 0 Å². The Labute approximate surface area is 182 Å². The Morgan fingerprint density at radius 1 is 0.613 bits per heavy atom. The molecule has 2 aromatic carbocycles. The third-order valence-corrected chi connectivity index (χ3v) is 5.33. The van der Waals surface area contributed by atoms with Crippen molar-refractivity contribution in [3.05, 3.63) is 120 Å². The van der Waals surface area contributed by atoms with E-state index in [9.17, 15) is 9.59 Å². The van der Waals surface area contributed by atoms with Gasteiger partial charge in [-0.05, 0) is 11.1 Å². The molecule has 2 aromatic heterocycles. The molecule has 31 heavy (non-hydrogen) atoms. The monoisotopic (exact) mass is 408 g/mol. The lowest BCUT2D eigenvalue weighted by atomic mass is 10.00. The Bertz CT molecular complexity index is 1200. The van der Waals surface area contributed by atoms with Crippen LogP contribution in [0.15, 0.2) is 104 Å². The lowest BCUT2D eigenvalue weighted by molar-refractivity contribution is -0.689. The summed E-state index contributed by atoms with van der Waals surface area (Å²) < 4.78 is 3.81. The maximum Gasteiger partial charge on any atom is 0.227 e. The molecule has 0 unspecified atom stereocenters. The second-order valence-electron chi connectivity index (χ2n) is 7.52. The number of carbonyl (C=O) groups is 2. The predicted octanol–water partition coefficient (Wildman–Crippen LogP) is 4.00. The molecule has 4 aromatic rings. The Morgan fingerprint density at radius 3 is 1.68 bits per heavy atom. The predicted molar refractivity (Wildman–Crippen MR) is 119 cm³/mol. The normalized spacial score (nSPS) is 10.6. The molecule has 0 aliphatic carbocycles. The van der Waals surface area contributed by atoms with Gasteiger partial charge in [-0.1, -0.05) is 60.7 Å². The van der Waals surface area contributed by atoms with Crippen molar-refractivity contribution < 1.29 is 18.7 Å². The number of benzene rings is 2. The smallest absolute Gasteiger partial charge is 0.227 e. The number of Topliss-reactive ketones (excluding diaryl/α,β-unsaturated/α-hetero) is 2. The molecule has 0 amide bonds. The van der Waals surface area contributed by atoms with E-state index in [4.69, 9.17) is 0 Å². The van der Waals surface area contributed by atoms with E-state index in [1.807, 2.05) is 120 Å². The van der Waals surface area contributed by atoms with Gasteiger partial charge in [0.05, 0.1) is 0 Å². The summed E-state index contributed by atoms with van der Waals surface area (Å²) >= 11 is 0. The summed E-state index contributed by atoms with van der Waals surface area (Å²) in [6.45, 7) is 2.63. The van der Waals surface area contributed by atoms with Crippen LogP contribution >= 0.6 is 0 Å². The van der Waals surface area contributed by atoms with E-state index >= 15 is 0 Å². The molecule has 152 valence electrons. The van der Waals surface area contributed by atoms with E-state index in [1.54, 1.807) is 0 Å². The maximum absolute atomic E-state index is 12.6. The van der Waals surface area contributed by atoms with Gasteiger partial charge >= 0.3 is 0 Å². The van der Waals surface area contributed by atoms with Crippen molar-refractivity contribution in [1.29, 1.82) is 0 Å². The van der Waals surface area contributed by atoms with Gasteiger partial charge in [-0.2, -0.15) is 9.13 Å². The standard InChI is InChI=1S/C27H24N2O2/c1-21-7-3-6-18-29(21)20-27(31)25-14-10-23(11-15-25)22-8-12-24(13-9-22)26(30)19-28-16-4-2-5-17-28/h2-18H,19-20H2,1H3/q+2. The minimum absolute atomic E-state index is 0.0670. The molecule has 0 aliphatic heterocycles. The topological polar surface area (TPSA) is 41.9 Å². The van der Waals surface area contributed by atoms with Gasteiger partial charge in [0, 0.05) is 42.3 Å². The molecule has 4 nitrogen and oxygen atoms in total. The Morgan fingerprint density at radius 2 is 1.13 bits per heavy atom. The van der Waals surface area contributed by atoms with Gasteiger partial charge in [-0.25, -0.2) is 0 Å². The number of carbonyl (C=O) groups excluding carboxylic acids is 2. The van der Waals surface area contributed by atoms with Crippen LogP contribution in [0.4, 0.5) is 0 Å². The van der Waals surface area contributed by atoms with Gasteiger partial charge in [0.25, 0.3) is 0 Å².